The fourth-order valence-electron chi connectivity index (χ4n) is 5.89. The van der Waals surface area contributed by atoms with Crippen LogP contribution in [0.2, 0.25) is 0 Å². The number of aryl methyl sites for hydroxylation is 1. The topological polar surface area (TPSA) is 121 Å². The predicted octanol–water partition coefficient (Wildman–Crippen LogP) is 6.34. The number of benzene rings is 2. The molecule has 2 N–H and O–H groups in total. The summed E-state index contributed by atoms with van der Waals surface area (Å²) in [7, 11) is 3.12. The Morgan fingerprint density at radius 1 is 1.02 bits per heavy atom. The molecule has 1 saturated carbocycles. The van der Waals surface area contributed by atoms with Gasteiger partial charge in [0, 0.05) is 38.4 Å². The Labute approximate surface area is 276 Å². The van der Waals surface area contributed by atoms with Gasteiger partial charge in [-0.3, -0.25) is 9.69 Å². The van der Waals surface area contributed by atoms with Gasteiger partial charge in [-0.05, 0) is 77.6 Å². The van der Waals surface area contributed by atoms with Gasteiger partial charge in [-0.2, -0.15) is 31.6 Å². The monoisotopic (exact) mass is 684 g/mol. The Morgan fingerprint density at radius 2 is 1.80 bits per heavy atom. The smallest absolute Gasteiger partial charge is 0.383 e. The molecule has 4 aromatic rings. The summed E-state index contributed by atoms with van der Waals surface area (Å²) in [6, 6.07) is 10.5. The number of halogens is 6. The van der Waals surface area contributed by atoms with E-state index in [9.17, 15) is 36.4 Å². The normalized spacial score (nSPS) is 15.3. The van der Waals surface area contributed by atoms with E-state index in [0.717, 1.165) is 23.1 Å². The fourth-order valence-corrected chi connectivity index (χ4v) is 5.89. The average molecular weight is 685 g/mol. The highest BCUT2D eigenvalue weighted by Crippen LogP contribution is 2.45. The summed E-state index contributed by atoms with van der Waals surface area (Å²) in [4.78, 5) is 19.5. The van der Waals surface area contributed by atoms with Crippen molar-refractivity contribution in [1.29, 1.82) is 5.26 Å². The molecule has 1 aliphatic carbocycles. The predicted molar refractivity (Wildman–Crippen MR) is 166 cm³/mol. The average Bonchev–Trinajstić information content (AvgIpc) is 3.51. The van der Waals surface area contributed by atoms with Crippen LogP contribution in [0.25, 0.3) is 22.5 Å². The first-order valence-electron chi connectivity index (χ1n) is 15.2. The van der Waals surface area contributed by atoms with E-state index in [1.807, 2.05) is 0 Å². The third-order valence-electron chi connectivity index (χ3n) is 8.58. The molecule has 1 fully saturated rings. The molecule has 1 aliphatic heterocycles. The lowest BCUT2D eigenvalue weighted by molar-refractivity contribution is -0.138. The number of carbonyl (C=O) groups excluding carboxylic acids is 1. The number of ether oxygens (including phenoxy) is 1. The minimum absolute atomic E-state index is 0.0517. The number of nitrogens with zero attached hydrogens (tertiary/aromatic N) is 6. The van der Waals surface area contributed by atoms with E-state index in [-0.39, 0.29) is 63.8 Å². The van der Waals surface area contributed by atoms with Crippen molar-refractivity contribution in [1.82, 2.24) is 25.1 Å². The highest BCUT2D eigenvalue weighted by molar-refractivity contribution is 6.10. The number of nitriles is 1. The number of alkyl halides is 6. The Morgan fingerprint density at radius 3 is 2.43 bits per heavy atom. The molecule has 49 heavy (non-hydrogen) atoms. The zero-order valence-electron chi connectivity index (χ0n) is 26.3. The number of fused-ring (bicyclic) bond motifs is 1. The molecule has 2 aliphatic rings. The van der Waals surface area contributed by atoms with Gasteiger partial charge in [0.2, 0.25) is 0 Å². The first-order chi connectivity index (χ1) is 23.2. The number of amides is 1. The van der Waals surface area contributed by atoms with Crippen molar-refractivity contribution in [3.05, 3.63) is 76.6 Å². The molecule has 0 bridgehead atoms. The van der Waals surface area contributed by atoms with Crippen LogP contribution in [0.5, 0.6) is 0 Å². The molecule has 3 heterocycles. The van der Waals surface area contributed by atoms with Crippen LogP contribution in [0.4, 0.5) is 38.0 Å². The SMILES string of the molecule is COCCNCc1cc2c(c(C(F)(F)F)c1)CN(c1cc(-c3cc(C(F)(F)F)ccc3-c3nncn3C)cc(NC3(CC#N)CC3)n1)C2=O. The zero-order chi connectivity index (χ0) is 35.1. The van der Waals surface area contributed by atoms with Crippen LogP contribution in [-0.4, -0.2) is 51.5 Å². The second-order valence-electron chi connectivity index (χ2n) is 12.1. The standard InChI is InChI=1S/C33H30F6N8O2/c1-46-18-42-45-29(46)22-4-3-21(32(34,35)36)15-23(22)20-13-27(44-31(5-6-31)7-8-40)43-28(14-20)47-17-25-24(30(47)48)11-19(16-41-9-10-49-2)12-26(25)33(37,38)39/h3-4,11-15,18,41H,5-7,9-10,16-17H2,1-2H3,(H,43,44). The van der Waals surface area contributed by atoms with E-state index in [0.29, 0.717) is 26.0 Å². The third-order valence-corrected chi connectivity index (χ3v) is 8.58. The summed E-state index contributed by atoms with van der Waals surface area (Å²) in [6.45, 7) is 0.289. The Kier molecular flexibility index (Phi) is 8.84. The molecule has 256 valence electrons. The van der Waals surface area contributed by atoms with Gasteiger partial charge >= 0.3 is 12.4 Å². The van der Waals surface area contributed by atoms with E-state index < -0.39 is 41.5 Å². The summed E-state index contributed by atoms with van der Waals surface area (Å²) < 4.78 is 91.6. The maximum atomic E-state index is 14.4. The largest absolute Gasteiger partial charge is 0.416 e. The molecule has 2 aromatic heterocycles. The zero-order valence-corrected chi connectivity index (χ0v) is 26.3. The van der Waals surface area contributed by atoms with Crippen molar-refractivity contribution in [2.75, 3.05) is 30.5 Å². The highest BCUT2D eigenvalue weighted by Gasteiger charge is 2.44. The van der Waals surface area contributed by atoms with E-state index in [1.54, 1.807) is 7.05 Å². The van der Waals surface area contributed by atoms with Gasteiger partial charge in [-0.15, -0.1) is 10.2 Å². The quantitative estimate of drug-likeness (QED) is 0.139. The number of pyridine rings is 1. The minimum atomic E-state index is -4.77. The number of methoxy groups -OCH3 is 1. The first kappa shape index (κ1) is 33.9. The van der Waals surface area contributed by atoms with E-state index in [2.05, 4.69) is 31.9 Å². The lowest BCUT2D eigenvalue weighted by atomic mass is 9.96. The maximum Gasteiger partial charge on any atom is 0.416 e. The molecular formula is C33H30F6N8O2. The maximum absolute atomic E-state index is 14.4. The van der Waals surface area contributed by atoms with Crippen LogP contribution in [0.1, 0.15) is 51.9 Å². The number of aromatic nitrogens is 4. The number of anilines is 2. The van der Waals surface area contributed by atoms with Crippen LogP contribution in [0.3, 0.4) is 0 Å². The van der Waals surface area contributed by atoms with Crippen LogP contribution < -0.4 is 15.5 Å². The van der Waals surface area contributed by atoms with Gasteiger partial charge in [-0.1, -0.05) is 0 Å². The van der Waals surface area contributed by atoms with Crippen LogP contribution in [0.15, 0.2) is 48.8 Å². The molecule has 2 aromatic carbocycles. The van der Waals surface area contributed by atoms with Crippen LogP contribution in [-0.2, 0) is 37.2 Å². The van der Waals surface area contributed by atoms with Gasteiger partial charge < -0.3 is 19.9 Å². The number of rotatable bonds is 11. The summed E-state index contributed by atoms with van der Waals surface area (Å²) in [6.07, 6.45) is -6.72. The van der Waals surface area contributed by atoms with Crippen molar-refractivity contribution < 1.29 is 35.9 Å². The van der Waals surface area contributed by atoms with E-state index in [1.165, 1.54) is 42.3 Å². The Balaban J connectivity index is 1.48. The van der Waals surface area contributed by atoms with Crippen LogP contribution in [0, 0.1) is 11.3 Å². The molecule has 6 rings (SSSR count). The summed E-state index contributed by atoms with van der Waals surface area (Å²) >= 11 is 0. The number of nitrogens with one attached hydrogen (secondary N) is 2. The molecular weight excluding hydrogens is 654 g/mol. The highest BCUT2D eigenvalue weighted by atomic mass is 19.4. The number of hydrogen-bond donors (Lipinski definition) is 2. The third kappa shape index (κ3) is 6.94. The number of hydrogen-bond acceptors (Lipinski definition) is 8. The number of carbonyl (C=O) groups is 1. The van der Waals surface area contributed by atoms with Crippen molar-refractivity contribution in [3.8, 4) is 28.6 Å². The van der Waals surface area contributed by atoms with Gasteiger partial charge in [0.1, 0.15) is 18.0 Å². The van der Waals surface area contributed by atoms with Crippen molar-refractivity contribution in [3.63, 3.8) is 0 Å². The second kappa shape index (κ2) is 12.8. The Hall–Kier alpha value is -5.01. The van der Waals surface area contributed by atoms with Crippen molar-refractivity contribution in [2.45, 2.75) is 50.2 Å². The van der Waals surface area contributed by atoms with E-state index in [4.69, 9.17) is 4.74 Å². The molecule has 0 unspecified atom stereocenters. The lowest BCUT2D eigenvalue weighted by Crippen LogP contribution is -2.26. The van der Waals surface area contributed by atoms with Crippen molar-refractivity contribution in [2.24, 2.45) is 7.05 Å². The molecule has 0 atom stereocenters. The summed E-state index contributed by atoms with van der Waals surface area (Å²) in [5.41, 5.74) is -2.14. The molecule has 10 nitrogen and oxygen atoms in total. The Bertz CT molecular complexity index is 1940. The molecule has 16 heteroatoms. The van der Waals surface area contributed by atoms with Gasteiger partial charge in [0.15, 0.2) is 5.82 Å². The first-order valence-corrected chi connectivity index (χ1v) is 15.2. The van der Waals surface area contributed by atoms with Crippen LogP contribution >= 0.6 is 0 Å². The molecule has 0 spiro atoms. The van der Waals surface area contributed by atoms with Gasteiger partial charge in [0.25, 0.3) is 5.91 Å². The van der Waals surface area contributed by atoms with Gasteiger partial charge in [-0.25, -0.2) is 4.98 Å². The van der Waals surface area contributed by atoms with Crippen molar-refractivity contribution >= 4 is 17.5 Å². The van der Waals surface area contributed by atoms with E-state index >= 15 is 0 Å². The molecule has 0 radical (unpaired) electrons. The molecule has 0 saturated heterocycles. The minimum Gasteiger partial charge on any atom is -0.383 e. The lowest BCUT2D eigenvalue weighted by Gasteiger charge is -2.21. The molecule has 1 amide bonds. The summed E-state index contributed by atoms with van der Waals surface area (Å²) in [5.74, 6) is -0.427. The summed E-state index contributed by atoms with van der Waals surface area (Å²) in [5, 5.41) is 23.5. The second-order valence-corrected chi connectivity index (χ2v) is 12.1. The fraction of sp³-hybridized carbons (Fsp3) is 0.364. The van der Waals surface area contributed by atoms with Gasteiger partial charge in [0.05, 0.1) is 42.3 Å².